The Kier molecular flexibility index (Phi) is 3.55. The second-order valence-electron chi connectivity index (χ2n) is 6.86. The number of aliphatic hydroxyl groups is 1. The van der Waals surface area contributed by atoms with E-state index in [2.05, 4.69) is 52.0 Å². The molecule has 100 valence electrons. The average Bonchev–Trinajstić information content (AvgIpc) is 3.12. The van der Waals surface area contributed by atoms with Crippen LogP contribution < -0.4 is 0 Å². The van der Waals surface area contributed by atoms with E-state index >= 15 is 0 Å². The van der Waals surface area contributed by atoms with Crippen LogP contribution in [0.2, 0.25) is 0 Å². The first-order valence-electron chi connectivity index (χ1n) is 7.17. The second-order valence-corrected chi connectivity index (χ2v) is 6.86. The molecule has 1 nitrogen and oxygen atoms in total. The summed E-state index contributed by atoms with van der Waals surface area (Å²) < 4.78 is 0. The molecule has 0 aromatic heterocycles. The monoisotopic (exact) mass is 246 g/mol. The summed E-state index contributed by atoms with van der Waals surface area (Å²) in [4.78, 5) is 0. The molecule has 1 aliphatic carbocycles. The zero-order valence-corrected chi connectivity index (χ0v) is 12.2. The van der Waals surface area contributed by atoms with Gasteiger partial charge in [0.1, 0.15) is 0 Å². The van der Waals surface area contributed by atoms with E-state index in [0.717, 1.165) is 12.8 Å². The summed E-state index contributed by atoms with van der Waals surface area (Å²) in [5, 5.41) is 10.6. The Labute approximate surface area is 111 Å². The highest BCUT2D eigenvalue weighted by Crippen LogP contribution is 2.43. The van der Waals surface area contributed by atoms with Gasteiger partial charge in [-0.15, -0.1) is 0 Å². The molecule has 1 fully saturated rings. The Morgan fingerprint density at radius 2 is 1.67 bits per heavy atom. The minimum Gasteiger partial charge on any atom is -0.389 e. The maximum Gasteiger partial charge on any atom is 0.0713 e. The van der Waals surface area contributed by atoms with E-state index in [-0.39, 0.29) is 5.41 Å². The van der Waals surface area contributed by atoms with Crippen molar-refractivity contribution < 1.29 is 5.11 Å². The molecule has 0 saturated heterocycles. The largest absolute Gasteiger partial charge is 0.389 e. The predicted molar refractivity (Wildman–Crippen MR) is 76.8 cm³/mol. The molecule has 1 N–H and O–H groups in total. The van der Waals surface area contributed by atoms with Crippen molar-refractivity contribution in [1.82, 2.24) is 0 Å². The van der Waals surface area contributed by atoms with Crippen molar-refractivity contribution in [3.8, 4) is 0 Å². The lowest BCUT2D eigenvalue weighted by Crippen LogP contribution is -2.33. The molecule has 0 bridgehead atoms. The Balaban J connectivity index is 2.10. The molecule has 1 unspecified atom stereocenters. The van der Waals surface area contributed by atoms with E-state index < -0.39 is 5.60 Å². The zero-order chi connectivity index (χ0) is 13.4. The standard InChI is InChI=1S/C17H26O/c1-5-17(18,15-10-11-15)12-13-6-8-14(9-7-13)16(2,3)4/h6-9,15,18H,5,10-12H2,1-4H3. The summed E-state index contributed by atoms with van der Waals surface area (Å²) in [6.07, 6.45) is 4.06. The van der Waals surface area contributed by atoms with Gasteiger partial charge in [-0.2, -0.15) is 0 Å². The van der Waals surface area contributed by atoms with Crippen LogP contribution in [-0.4, -0.2) is 10.7 Å². The second kappa shape index (κ2) is 4.70. The third-order valence-electron chi connectivity index (χ3n) is 4.28. The molecular weight excluding hydrogens is 220 g/mol. The number of benzene rings is 1. The quantitative estimate of drug-likeness (QED) is 0.849. The Bertz CT molecular complexity index is 395. The first-order chi connectivity index (χ1) is 8.35. The fourth-order valence-electron chi connectivity index (χ4n) is 2.65. The van der Waals surface area contributed by atoms with Gasteiger partial charge in [0.15, 0.2) is 0 Å². The van der Waals surface area contributed by atoms with Gasteiger partial charge in [0.2, 0.25) is 0 Å². The van der Waals surface area contributed by atoms with Gasteiger partial charge in [0.25, 0.3) is 0 Å². The van der Waals surface area contributed by atoms with E-state index in [1.54, 1.807) is 0 Å². The van der Waals surface area contributed by atoms with Crippen molar-refractivity contribution >= 4 is 0 Å². The van der Waals surface area contributed by atoms with Gasteiger partial charge in [-0.1, -0.05) is 52.0 Å². The van der Waals surface area contributed by atoms with Crippen molar-refractivity contribution in [3.63, 3.8) is 0 Å². The van der Waals surface area contributed by atoms with Crippen molar-refractivity contribution in [2.45, 2.75) is 64.4 Å². The van der Waals surface area contributed by atoms with Gasteiger partial charge in [-0.3, -0.25) is 0 Å². The number of hydrogen-bond acceptors (Lipinski definition) is 1. The lowest BCUT2D eigenvalue weighted by Gasteiger charge is -2.27. The van der Waals surface area contributed by atoms with Gasteiger partial charge < -0.3 is 5.11 Å². The summed E-state index contributed by atoms with van der Waals surface area (Å²) in [7, 11) is 0. The van der Waals surface area contributed by atoms with Crippen LogP contribution in [-0.2, 0) is 11.8 Å². The van der Waals surface area contributed by atoms with Crippen LogP contribution in [0.3, 0.4) is 0 Å². The first kappa shape index (κ1) is 13.6. The van der Waals surface area contributed by atoms with Crippen LogP contribution in [0.5, 0.6) is 0 Å². The molecular formula is C17H26O. The van der Waals surface area contributed by atoms with Crippen molar-refractivity contribution in [3.05, 3.63) is 35.4 Å². The molecule has 1 atom stereocenters. The van der Waals surface area contributed by atoms with Crippen LogP contribution in [0.4, 0.5) is 0 Å². The van der Waals surface area contributed by atoms with Gasteiger partial charge in [0.05, 0.1) is 5.60 Å². The van der Waals surface area contributed by atoms with Crippen LogP contribution in [0, 0.1) is 5.92 Å². The van der Waals surface area contributed by atoms with Gasteiger partial charge in [-0.05, 0) is 41.7 Å². The van der Waals surface area contributed by atoms with Crippen LogP contribution >= 0.6 is 0 Å². The minimum atomic E-state index is -0.469. The lowest BCUT2D eigenvalue weighted by molar-refractivity contribution is 0.0139. The minimum absolute atomic E-state index is 0.204. The van der Waals surface area contributed by atoms with Gasteiger partial charge in [0, 0.05) is 6.42 Å². The zero-order valence-electron chi connectivity index (χ0n) is 12.2. The van der Waals surface area contributed by atoms with Crippen LogP contribution in [0.15, 0.2) is 24.3 Å². The highest BCUT2D eigenvalue weighted by molar-refractivity contribution is 5.28. The van der Waals surface area contributed by atoms with Crippen LogP contribution in [0.1, 0.15) is 58.1 Å². The number of hydrogen-bond donors (Lipinski definition) is 1. The summed E-state index contributed by atoms with van der Waals surface area (Å²) >= 11 is 0. The molecule has 0 heterocycles. The molecule has 1 saturated carbocycles. The summed E-state index contributed by atoms with van der Waals surface area (Å²) in [5.41, 5.74) is 2.36. The molecule has 2 rings (SSSR count). The molecule has 0 amide bonds. The third-order valence-corrected chi connectivity index (χ3v) is 4.28. The molecule has 18 heavy (non-hydrogen) atoms. The summed E-state index contributed by atoms with van der Waals surface area (Å²) in [6, 6.07) is 8.78. The predicted octanol–water partition coefficient (Wildman–Crippen LogP) is 4.08. The highest BCUT2D eigenvalue weighted by atomic mass is 16.3. The highest BCUT2D eigenvalue weighted by Gasteiger charge is 2.42. The molecule has 0 radical (unpaired) electrons. The fraction of sp³-hybridized carbons (Fsp3) is 0.647. The number of rotatable bonds is 4. The van der Waals surface area contributed by atoms with Crippen LogP contribution in [0.25, 0.3) is 0 Å². The topological polar surface area (TPSA) is 20.2 Å². The molecule has 0 aliphatic heterocycles. The van der Waals surface area contributed by atoms with Gasteiger partial charge >= 0.3 is 0 Å². The molecule has 1 heteroatoms. The first-order valence-corrected chi connectivity index (χ1v) is 7.17. The van der Waals surface area contributed by atoms with Crippen molar-refractivity contribution in [1.29, 1.82) is 0 Å². The summed E-state index contributed by atoms with van der Waals surface area (Å²) in [5.74, 6) is 0.532. The smallest absolute Gasteiger partial charge is 0.0713 e. The Hall–Kier alpha value is -0.820. The average molecular weight is 246 g/mol. The SMILES string of the molecule is CCC(O)(Cc1ccc(C(C)(C)C)cc1)C1CC1. The Morgan fingerprint density at radius 3 is 2.06 bits per heavy atom. The van der Waals surface area contributed by atoms with E-state index in [4.69, 9.17) is 0 Å². The normalized spacial score (nSPS) is 19.6. The third kappa shape index (κ3) is 2.95. The molecule has 1 aliphatic rings. The molecule has 1 aromatic rings. The maximum atomic E-state index is 10.6. The Morgan fingerprint density at radius 1 is 1.11 bits per heavy atom. The lowest BCUT2D eigenvalue weighted by atomic mass is 9.84. The molecule has 1 aromatic carbocycles. The van der Waals surface area contributed by atoms with E-state index in [9.17, 15) is 5.11 Å². The van der Waals surface area contributed by atoms with Crippen molar-refractivity contribution in [2.75, 3.05) is 0 Å². The maximum absolute atomic E-state index is 10.6. The van der Waals surface area contributed by atoms with E-state index in [1.165, 1.54) is 24.0 Å². The van der Waals surface area contributed by atoms with Crippen molar-refractivity contribution in [2.24, 2.45) is 5.92 Å². The molecule has 0 spiro atoms. The van der Waals surface area contributed by atoms with E-state index in [0.29, 0.717) is 5.92 Å². The van der Waals surface area contributed by atoms with E-state index in [1.807, 2.05) is 0 Å². The van der Waals surface area contributed by atoms with Gasteiger partial charge in [-0.25, -0.2) is 0 Å². The fourth-order valence-corrected chi connectivity index (χ4v) is 2.65. The summed E-state index contributed by atoms with van der Waals surface area (Å²) in [6.45, 7) is 8.79.